The van der Waals surface area contributed by atoms with Gasteiger partial charge in [-0.3, -0.25) is 4.79 Å². The molecule has 15 heavy (non-hydrogen) atoms. The standard InChI is InChI=1S/C12H22N2O/c1-2-3-8-13-11-12(15)14-9-6-4-5-7-10-14/h2,13H,1,3-11H2. The van der Waals surface area contributed by atoms with Crippen molar-refractivity contribution < 1.29 is 4.79 Å². The van der Waals surface area contributed by atoms with Crippen molar-refractivity contribution in [1.29, 1.82) is 0 Å². The molecule has 3 heteroatoms. The monoisotopic (exact) mass is 210 g/mol. The second-order valence-electron chi connectivity index (χ2n) is 4.05. The molecule has 0 aromatic heterocycles. The molecule has 1 fully saturated rings. The lowest BCUT2D eigenvalue weighted by atomic mass is 10.2. The summed E-state index contributed by atoms with van der Waals surface area (Å²) in [6.07, 6.45) is 7.66. The summed E-state index contributed by atoms with van der Waals surface area (Å²) >= 11 is 0. The minimum Gasteiger partial charge on any atom is -0.342 e. The highest BCUT2D eigenvalue weighted by Gasteiger charge is 2.14. The van der Waals surface area contributed by atoms with E-state index in [0.717, 1.165) is 26.1 Å². The lowest BCUT2D eigenvalue weighted by Gasteiger charge is -2.20. The van der Waals surface area contributed by atoms with E-state index in [2.05, 4.69) is 11.9 Å². The van der Waals surface area contributed by atoms with Crippen LogP contribution in [0.5, 0.6) is 0 Å². The summed E-state index contributed by atoms with van der Waals surface area (Å²) in [5.74, 6) is 0.251. The van der Waals surface area contributed by atoms with Crippen LogP contribution in [0.3, 0.4) is 0 Å². The molecular weight excluding hydrogens is 188 g/mol. The van der Waals surface area contributed by atoms with Crippen LogP contribution in [-0.4, -0.2) is 37.0 Å². The Bertz CT molecular complexity index is 196. The van der Waals surface area contributed by atoms with Crippen LogP contribution in [0.1, 0.15) is 32.1 Å². The molecular formula is C12H22N2O. The molecule has 1 N–H and O–H groups in total. The molecule has 1 heterocycles. The minimum absolute atomic E-state index is 0.251. The van der Waals surface area contributed by atoms with Gasteiger partial charge >= 0.3 is 0 Å². The van der Waals surface area contributed by atoms with Crippen molar-refractivity contribution in [3.8, 4) is 0 Å². The Morgan fingerprint density at radius 2 is 1.93 bits per heavy atom. The van der Waals surface area contributed by atoms with Crippen molar-refractivity contribution >= 4 is 5.91 Å². The number of rotatable bonds is 5. The molecule has 86 valence electrons. The predicted octanol–water partition coefficient (Wildman–Crippen LogP) is 1.55. The molecule has 1 amide bonds. The summed E-state index contributed by atoms with van der Waals surface area (Å²) in [6, 6.07) is 0. The highest BCUT2D eigenvalue weighted by molar-refractivity contribution is 5.78. The first-order valence-electron chi connectivity index (χ1n) is 5.94. The van der Waals surface area contributed by atoms with Gasteiger partial charge in [-0.15, -0.1) is 6.58 Å². The van der Waals surface area contributed by atoms with E-state index in [4.69, 9.17) is 0 Å². The Hall–Kier alpha value is -0.830. The largest absolute Gasteiger partial charge is 0.342 e. The number of carbonyl (C=O) groups is 1. The second-order valence-corrected chi connectivity index (χ2v) is 4.05. The van der Waals surface area contributed by atoms with Gasteiger partial charge in [-0.05, 0) is 25.8 Å². The fourth-order valence-corrected chi connectivity index (χ4v) is 1.83. The molecule has 0 unspecified atom stereocenters. The van der Waals surface area contributed by atoms with Crippen molar-refractivity contribution in [2.45, 2.75) is 32.1 Å². The lowest BCUT2D eigenvalue weighted by molar-refractivity contribution is -0.130. The molecule has 1 saturated heterocycles. The van der Waals surface area contributed by atoms with Crippen LogP contribution in [0, 0.1) is 0 Å². The average Bonchev–Trinajstić information content (AvgIpc) is 2.52. The smallest absolute Gasteiger partial charge is 0.236 e. The highest BCUT2D eigenvalue weighted by Crippen LogP contribution is 2.09. The first-order valence-corrected chi connectivity index (χ1v) is 5.94. The summed E-state index contributed by atoms with van der Waals surface area (Å²) in [5, 5.41) is 3.14. The van der Waals surface area contributed by atoms with Gasteiger partial charge in [-0.25, -0.2) is 0 Å². The van der Waals surface area contributed by atoms with E-state index in [1.165, 1.54) is 25.7 Å². The van der Waals surface area contributed by atoms with Crippen LogP contribution < -0.4 is 5.32 Å². The van der Waals surface area contributed by atoms with E-state index in [1.54, 1.807) is 0 Å². The van der Waals surface area contributed by atoms with E-state index in [-0.39, 0.29) is 5.91 Å². The summed E-state index contributed by atoms with van der Waals surface area (Å²) in [5.41, 5.74) is 0. The van der Waals surface area contributed by atoms with Crippen molar-refractivity contribution in [3.05, 3.63) is 12.7 Å². The molecule has 0 aliphatic carbocycles. The average molecular weight is 210 g/mol. The van der Waals surface area contributed by atoms with Crippen LogP contribution in [-0.2, 0) is 4.79 Å². The van der Waals surface area contributed by atoms with E-state index in [0.29, 0.717) is 6.54 Å². The summed E-state index contributed by atoms with van der Waals surface area (Å²) in [6.45, 7) is 6.87. The Morgan fingerprint density at radius 3 is 2.53 bits per heavy atom. The van der Waals surface area contributed by atoms with Gasteiger partial charge in [0, 0.05) is 13.1 Å². The van der Waals surface area contributed by atoms with Crippen molar-refractivity contribution in [3.63, 3.8) is 0 Å². The number of nitrogens with one attached hydrogen (secondary N) is 1. The van der Waals surface area contributed by atoms with Gasteiger partial charge in [0.1, 0.15) is 0 Å². The van der Waals surface area contributed by atoms with Crippen LogP contribution >= 0.6 is 0 Å². The molecule has 3 nitrogen and oxygen atoms in total. The first kappa shape index (κ1) is 12.2. The minimum atomic E-state index is 0.251. The van der Waals surface area contributed by atoms with E-state index < -0.39 is 0 Å². The van der Waals surface area contributed by atoms with Crippen LogP contribution in [0.2, 0.25) is 0 Å². The molecule has 1 aliphatic rings. The Kier molecular flexibility index (Phi) is 6.09. The molecule has 0 saturated carbocycles. The number of hydrogen-bond donors (Lipinski definition) is 1. The predicted molar refractivity (Wildman–Crippen MR) is 62.7 cm³/mol. The first-order chi connectivity index (χ1) is 7.34. The maximum absolute atomic E-state index is 11.8. The topological polar surface area (TPSA) is 32.3 Å². The van der Waals surface area contributed by atoms with Gasteiger partial charge in [0.15, 0.2) is 0 Å². The zero-order chi connectivity index (χ0) is 10.9. The van der Waals surface area contributed by atoms with Crippen molar-refractivity contribution in [2.24, 2.45) is 0 Å². The Morgan fingerprint density at radius 1 is 1.27 bits per heavy atom. The van der Waals surface area contributed by atoms with Crippen molar-refractivity contribution in [2.75, 3.05) is 26.2 Å². The van der Waals surface area contributed by atoms with Crippen molar-refractivity contribution in [1.82, 2.24) is 10.2 Å². The molecule has 0 spiro atoms. The van der Waals surface area contributed by atoms with Crippen LogP contribution in [0.4, 0.5) is 0 Å². The van der Waals surface area contributed by atoms with Gasteiger partial charge in [0.05, 0.1) is 6.54 Å². The molecule has 0 radical (unpaired) electrons. The molecule has 1 rings (SSSR count). The van der Waals surface area contributed by atoms with Gasteiger partial charge in [0.2, 0.25) is 5.91 Å². The van der Waals surface area contributed by atoms with Gasteiger partial charge in [-0.1, -0.05) is 18.9 Å². The molecule has 0 atom stereocenters. The Balaban J connectivity index is 2.16. The number of nitrogens with zero attached hydrogens (tertiary/aromatic N) is 1. The number of carbonyl (C=O) groups excluding carboxylic acids is 1. The number of amides is 1. The van der Waals surface area contributed by atoms with Crippen LogP contribution in [0.15, 0.2) is 12.7 Å². The number of likely N-dealkylation sites (tertiary alicyclic amines) is 1. The zero-order valence-corrected chi connectivity index (χ0v) is 9.50. The summed E-state index contributed by atoms with van der Waals surface area (Å²) in [7, 11) is 0. The second kappa shape index (κ2) is 7.46. The van der Waals surface area contributed by atoms with E-state index in [1.807, 2.05) is 11.0 Å². The van der Waals surface area contributed by atoms with Gasteiger partial charge in [-0.2, -0.15) is 0 Å². The Labute approximate surface area is 92.5 Å². The molecule has 0 aromatic carbocycles. The molecule has 0 bridgehead atoms. The third kappa shape index (κ3) is 4.98. The fourth-order valence-electron chi connectivity index (χ4n) is 1.83. The third-order valence-electron chi connectivity index (χ3n) is 2.76. The summed E-state index contributed by atoms with van der Waals surface area (Å²) in [4.78, 5) is 13.7. The lowest BCUT2D eigenvalue weighted by Crippen LogP contribution is -2.38. The normalized spacial score (nSPS) is 17.2. The molecule has 1 aliphatic heterocycles. The van der Waals surface area contributed by atoms with Gasteiger partial charge in [0.25, 0.3) is 0 Å². The fraction of sp³-hybridized carbons (Fsp3) is 0.750. The van der Waals surface area contributed by atoms with Crippen LogP contribution in [0.25, 0.3) is 0 Å². The maximum Gasteiger partial charge on any atom is 0.236 e. The molecule has 0 aromatic rings. The zero-order valence-electron chi connectivity index (χ0n) is 9.50. The maximum atomic E-state index is 11.8. The summed E-state index contributed by atoms with van der Waals surface area (Å²) < 4.78 is 0. The SMILES string of the molecule is C=CCCNCC(=O)N1CCCCCC1. The number of hydrogen-bond acceptors (Lipinski definition) is 2. The highest BCUT2D eigenvalue weighted by atomic mass is 16.2. The quantitative estimate of drug-likeness (QED) is 0.551. The van der Waals surface area contributed by atoms with E-state index in [9.17, 15) is 4.79 Å². The van der Waals surface area contributed by atoms with Gasteiger partial charge < -0.3 is 10.2 Å². The van der Waals surface area contributed by atoms with E-state index >= 15 is 0 Å². The third-order valence-corrected chi connectivity index (χ3v) is 2.76.